The SMILES string of the molecule is CCCC[N+]1(C)CCCC1.CCCC[N+]1(C)CCCCC1. The van der Waals surface area contributed by atoms with Crippen molar-refractivity contribution in [3.05, 3.63) is 0 Å². The molecule has 0 aromatic carbocycles. The molecule has 0 atom stereocenters. The number of piperidine rings is 1. The van der Waals surface area contributed by atoms with E-state index in [-0.39, 0.29) is 0 Å². The number of rotatable bonds is 6. The van der Waals surface area contributed by atoms with Gasteiger partial charge in [0.15, 0.2) is 0 Å². The van der Waals surface area contributed by atoms with Crippen LogP contribution in [-0.4, -0.2) is 62.3 Å². The monoisotopic (exact) mass is 298 g/mol. The first kappa shape index (κ1) is 19.0. The van der Waals surface area contributed by atoms with Crippen molar-refractivity contribution in [2.75, 3.05) is 53.4 Å². The average molecular weight is 299 g/mol. The topological polar surface area (TPSA) is 0 Å². The Labute approximate surface area is 134 Å². The van der Waals surface area contributed by atoms with Crippen molar-refractivity contribution in [2.45, 2.75) is 71.6 Å². The third-order valence-corrected chi connectivity index (χ3v) is 5.64. The zero-order valence-corrected chi connectivity index (χ0v) is 15.5. The van der Waals surface area contributed by atoms with Gasteiger partial charge in [0, 0.05) is 12.8 Å². The quantitative estimate of drug-likeness (QED) is 0.636. The number of nitrogens with zero attached hydrogens (tertiary/aromatic N) is 2. The summed E-state index contributed by atoms with van der Waals surface area (Å²) in [4.78, 5) is 0. The molecule has 2 heterocycles. The Kier molecular flexibility index (Phi) is 8.89. The summed E-state index contributed by atoms with van der Waals surface area (Å²) >= 11 is 0. The second-order valence-corrected chi connectivity index (χ2v) is 8.06. The Morgan fingerprint density at radius 1 is 0.571 bits per heavy atom. The lowest BCUT2D eigenvalue weighted by atomic mass is 10.1. The molecule has 2 saturated heterocycles. The van der Waals surface area contributed by atoms with Gasteiger partial charge >= 0.3 is 0 Å². The highest BCUT2D eigenvalue weighted by molar-refractivity contribution is 4.52. The Morgan fingerprint density at radius 2 is 0.905 bits per heavy atom. The number of unbranched alkanes of at least 4 members (excludes halogenated alkanes) is 2. The van der Waals surface area contributed by atoms with Crippen molar-refractivity contribution in [3.63, 3.8) is 0 Å². The van der Waals surface area contributed by atoms with Crippen molar-refractivity contribution < 1.29 is 8.97 Å². The van der Waals surface area contributed by atoms with E-state index < -0.39 is 0 Å². The van der Waals surface area contributed by atoms with E-state index in [2.05, 4.69) is 27.9 Å². The molecule has 0 radical (unpaired) electrons. The van der Waals surface area contributed by atoms with Crippen molar-refractivity contribution in [1.82, 2.24) is 0 Å². The van der Waals surface area contributed by atoms with Gasteiger partial charge in [0.05, 0.1) is 53.4 Å². The van der Waals surface area contributed by atoms with Gasteiger partial charge in [-0.05, 0) is 32.1 Å². The van der Waals surface area contributed by atoms with E-state index in [1.54, 1.807) is 0 Å². The normalized spacial score (nSPS) is 23.4. The van der Waals surface area contributed by atoms with Crippen LogP contribution in [0, 0.1) is 0 Å². The van der Waals surface area contributed by atoms with Gasteiger partial charge in [-0.1, -0.05) is 26.7 Å². The highest BCUT2D eigenvalue weighted by Gasteiger charge is 2.25. The Hall–Kier alpha value is -0.0800. The van der Waals surface area contributed by atoms with E-state index in [4.69, 9.17) is 0 Å². The fourth-order valence-electron chi connectivity index (χ4n) is 3.90. The van der Waals surface area contributed by atoms with E-state index in [0.29, 0.717) is 0 Å². The van der Waals surface area contributed by atoms with Gasteiger partial charge in [-0.15, -0.1) is 0 Å². The predicted molar refractivity (Wildman–Crippen MR) is 94.5 cm³/mol. The lowest BCUT2D eigenvalue weighted by Gasteiger charge is -2.37. The smallest absolute Gasteiger partial charge is 0.0786 e. The summed E-state index contributed by atoms with van der Waals surface area (Å²) in [7, 11) is 4.83. The highest BCUT2D eigenvalue weighted by atomic mass is 15.3. The van der Waals surface area contributed by atoms with Gasteiger partial charge in [0.1, 0.15) is 0 Å². The first-order chi connectivity index (χ1) is 10.0. The van der Waals surface area contributed by atoms with Gasteiger partial charge in [0.25, 0.3) is 0 Å². The van der Waals surface area contributed by atoms with Crippen LogP contribution in [0.3, 0.4) is 0 Å². The molecule has 21 heavy (non-hydrogen) atoms. The van der Waals surface area contributed by atoms with E-state index >= 15 is 0 Å². The van der Waals surface area contributed by atoms with Crippen LogP contribution in [0.1, 0.15) is 71.6 Å². The summed E-state index contributed by atoms with van der Waals surface area (Å²) in [6.07, 6.45) is 12.8. The van der Waals surface area contributed by atoms with Gasteiger partial charge in [0.2, 0.25) is 0 Å². The molecule has 2 rings (SSSR count). The standard InChI is InChI=1S/C10H22N.C9H20N/c1-3-4-8-11(2)9-6-5-7-10-11;1-3-4-7-10(2)8-5-6-9-10/h3-10H2,1-2H3;3-9H2,1-2H3/q2*+1. The summed E-state index contributed by atoms with van der Waals surface area (Å²) in [6.45, 7) is 13.1. The highest BCUT2D eigenvalue weighted by Crippen LogP contribution is 2.17. The molecule has 0 aromatic heterocycles. The Bertz CT molecular complexity index is 250. The third-order valence-electron chi connectivity index (χ3n) is 5.64. The number of hydrogen-bond donors (Lipinski definition) is 0. The van der Waals surface area contributed by atoms with Crippen molar-refractivity contribution in [1.29, 1.82) is 0 Å². The maximum absolute atomic E-state index is 2.43. The molecule has 126 valence electrons. The average Bonchev–Trinajstić information content (AvgIpc) is 2.92. The second kappa shape index (κ2) is 9.84. The van der Waals surface area contributed by atoms with E-state index in [1.807, 2.05) is 0 Å². The summed E-state index contributed by atoms with van der Waals surface area (Å²) < 4.78 is 2.71. The summed E-state index contributed by atoms with van der Waals surface area (Å²) in [5.74, 6) is 0. The molecule has 0 amide bonds. The molecule has 2 nitrogen and oxygen atoms in total. The zero-order valence-electron chi connectivity index (χ0n) is 15.5. The molecule has 0 aromatic rings. The van der Waals surface area contributed by atoms with Gasteiger partial charge in [-0.2, -0.15) is 0 Å². The molecule has 2 heteroatoms. The van der Waals surface area contributed by atoms with Crippen LogP contribution >= 0.6 is 0 Å². The molecule has 0 N–H and O–H groups in total. The van der Waals surface area contributed by atoms with Crippen LogP contribution in [0.4, 0.5) is 0 Å². The second-order valence-electron chi connectivity index (χ2n) is 8.06. The minimum Gasteiger partial charge on any atom is -0.326 e. The van der Waals surface area contributed by atoms with Crippen LogP contribution < -0.4 is 0 Å². The summed E-state index contributed by atoms with van der Waals surface area (Å²) in [6, 6.07) is 0. The number of hydrogen-bond acceptors (Lipinski definition) is 0. The zero-order chi connectivity index (χ0) is 15.6. The Morgan fingerprint density at radius 3 is 1.24 bits per heavy atom. The maximum atomic E-state index is 2.43. The first-order valence-corrected chi connectivity index (χ1v) is 9.71. The van der Waals surface area contributed by atoms with Gasteiger partial charge in [-0.3, -0.25) is 0 Å². The summed E-state index contributed by atoms with van der Waals surface area (Å²) in [5.41, 5.74) is 0. The predicted octanol–water partition coefficient (Wildman–Crippen LogP) is 4.44. The van der Waals surface area contributed by atoms with E-state index in [1.165, 1.54) is 106 Å². The van der Waals surface area contributed by atoms with Gasteiger partial charge in [-0.25, -0.2) is 0 Å². The molecule has 0 saturated carbocycles. The van der Waals surface area contributed by atoms with E-state index in [0.717, 1.165) is 0 Å². The van der Waals surface area contributed by atoms with Crippen molar-refractivity contribution in [3.8, 4) is 0 Å². The van der Waals surface area contributed by atoms with Crippen molar-refractivity contribution in [2.24, 2.45) is 0 Å². The molecule has 0 spiro atoms. The Balaban J connectivity index is 0.000000211. The lowest BCUT2D eigenvalue weighted by Crippen LogP contribution is -2.48. The molecule has 0 aliphatic carbocycles. The van der Waals surface area contributed by atoms with Gasteiger partial charge < -0.3 is 8.97 Å². The lowest BCUT2D eigenvalue weighted by molar-refractivity contribution is -0.914. The molecule has 2 aliphatic heterocycles. The maximum Gasteiger partial charge on any atom is 0.0786 e. The largest absolute Gasteiger partial charge is 0.326 e. The number of quaternary nitrogens is 2. The minimum atomic E-state index is 1.36. The van der Waals surface area contributed by atoms with Crippen LogP contribution in [-0.2, 0) is 0 Å². The molecule has 0 unspecified atom stereocenters. The van der Waals surface area contributed by atoms with Crippen LogP contribution in [0.2, 0.25) is 0 Å². The molecular formula is C19H42N2+2. The summed E-state index contributed by atoms with van der Waals surface area (Å²) in [5, 5.41) is 0. The van der Waals surface area contributed by atoms with Crippen LogP contribution in [0.25, 0.3) is 0 Å². The first-order valence-electron chi connectivity index (χ1n) is 9.71. The fraction of sp³-hybridized carbons (Fsp3) is 1.00. The van der Waals surface area contributed by atoms with Crippen LogP contribution in [0.5, 0.6) is 0 Å². The van der Waals surface area contributed by atoms with Crippen LogP contribution in [0.15, 0.2) is 0 Å². The molecule has 2 aliphatic rings. The molecular weight excluding hydrogens is 256 g/mol. The minimum absolute atomic E-state index is 1.36. The molecule has 0 bridgehead atoms. The number of likely N-dealkylation sites (tertiary alicyclic amines) is 2. The fourth-order valence-corrected chi connectivity index (χ4v) is 3.90. The van der Waals surface area contributed by atoms with E-state index in [9.17, 15) is 0 Å². The third kappa shape index (κ3) is 7.65. The van der Waals surface area contributed by atoms with Crippen molar-refractivity contribution >= 4 is 0 Å². The molecule has 2 fully saturated rings.